The molecule has 5 nitrogen and oxygen atoms in total. The number of carbonyl (C=O) groups is 1. The smallest absolute Gasteiger partial charge is 0.393 e. The number of aryl methyl sites for hydroxylation is 1. The fourth-order valence-corrected chi connectivity index (χ4v) is 3.10. The minimum atomic E-state index is -0.925. The Morgan fingerprint density at radius 1 is 1.31 bits per heavy atom. The van der Waals surface area contributed by atoms with Crippen molar-refractivity contribution >= 4 is 34.2 Å². The third-order valence-electron chi connectivity index (χ3n) is 3.54. The molecule has 3 rings (SSSR count). The van der Waals surface area contributed by atoms with Gasteiger partial charge in [-0.1, -0.05) is 35.9 Å². The van der Waals surface area contributed by atoms with Crippen LogP contribution in [0, 0.1) is 11.6 Å². The molecule has 1 aromatic carbocycles. The standard InChI is InChI=1S/C17H14ClF2N3O2S/c1-2-10-6-15(25-17(24)22-16-21-7-14(18)26-16)23(8-10)9-11-3-4-12(19)13(20)5-11/h3-8H,2,9H2,1H3,(H,21,22,24). The van der Waals surface area contributed by atoms with E-state index in [1.807, 2.05) is 6.92 Å². The van der Waals surface area contributed by atoms with E-state index in [0.29, 0.717) is 15.0 Å². The van der Waals surface area contributed by atoms with Gasteiger partial charge in [-0.15, -0.1) is 0 Å². The molecule has 3 aromatic rings. The molecule has 0 aliphatic carbocycles. The molecule has 0 saturated carbocycles. The summed E-state index contributed by atoms with van der Waals surface area (Å²) in [5.74, 6) is -1.55. The lowest BCUT2D eigenvalue weighted by molar-refractivity contribution is 0.211. The molecule has 1 N–H and O–H groups in total. The molecule has 0 unspecified atom stereocenters. The lowest BCUT2D eigenvalue weighted by Gasteiger charge is -2.10. The number of carbonyl (C=O) groups excluding carboxylic acids is 1. The molecule has 1 amide bonds. The summed E-state index contributed by atoms with van der Waals surface area (Å²) in [4.78, 5) is 16.0. The number of anilines is 1. The molecular formula is C17H14ClF2N3O2S. The minimum absolute atomic E-state index is 0.225. The van der Waals surface area contributed by atoms with Gasteiger partial charge in [-0.3, -0.25) is 5.32 Å². The topological polar surface area (TPSA) is 56.1 Å². The highest BCUT2D eigenvalue weighted by Gasteiger charge is 2.14. The Balaban J connectivity index is 1.77. The van der Waals surface area contributed by atoms with Crippen molar-refractivity contribution in [2.24, 2.45) is 0 Å². The largest absolute Gasteiger partial charge is 0.420 e. The van der Waals surface area contributed by atoms with Crippen LogP contribution in [-0.4, -0.2) is 15.6 Å². The Hall–Kier alpha value is -2.45. The van der Waals surface area contributed by atoms with Crippen LogP contribution in [0.1, 0.15) is 18.1 Å². The highest BCUT2D eigenvalue weighted by atomic mass is 35.5. The third-order valence-corrected chi connectivity index (χ3v) is 4.57. The fourth-order valence-electron chi connectivity index (χ4n) is 2.30. The van der Waals surface area contributed by atoms with Crippen LogP contribution < -0.4 is 10.1 Å². The number of thiazole rings is 1. The van der Waals surface area contributed by atoms with Gasteiger partial charge in [-0.25, -0.2) is 18.6 Å². The van der Waals surface area contributed by atoms with Crippen LogP contribution in [0.4, 0.5) is 18.7 Å². The Morgan fingerprint density at radius 3 is 2.77 bits per heavy atom. The highest BCUT2D eigenvalue weighted by molar-refractivity contribution is 7.19. The monoisotopic (exact) mass is 397 g/mol. The predicted octanol–water partition coefficient (Wildman–Crippen LogP) is 5.10. The van der Waals surface area contributed by atoms with Gasteiger partial charge in [0.05, 0.1) is 12.7 Å². The number of amides is 1. The van der Waals surface area contributed by atoms with Crippen LogP contribution in [0.3, 0.4) is 0 Å². The molecule has 136 valence electrons. The van der Waals surface area contributed by atoms with Gasteiger partial charge in [0.25, 0.3) is 0 Å². The van der Waals surface area contributed by atoms with E-state index in [0.717, 1.165) is 35.5 Å². The Labute approximate surface area is 157 Å². The summed E-state index contributed by atoms with van der Waals surface area (Å²) < 4.78 is 33.9. The number of benzene rings is 1. The van der Waals surface area contributed by atoms with Gasteiger partial charge >= 0.3 is 6.09 Å². The molecule has 2 aromatic heterocycles. The second-order valence-corrected chi connectivity index (χ2v) is 7.06. The van der Waals surface area contributed by atoms with E-state index in [1.165, 1.54) is 12.3 Å². The van der Waals surface area contributed by atoms with E-state index in [9.17, 15) is 13.6 Å². The van der Waals surface area contributed by atoms with Gasteiger partial charge in [0.2, 0.25) is 5.88 Å². The molecular weight excluding hydrogens is 384 g/mol. The normalized spacial score (nSPS) is 10.8. The zero-order chi connectivity index (χ0) is 18.7. The summed E-state index contributed by atoms with van der Waals surface area (Å²) in [6, 6.07) is 5.37. The van der Waals surface area contributed by atoms with E-state index in [2.05, 4.69) is 10.3 Å². The molecule has 0 radical (unpaired) electrons. The van der Waals surface area contributed by atoms with Crippen molar-refractivity contribution < 1.29 is 18.3 Å². The quantitative estimate of drug-likeness (QED) is 0.651. The fraction of sp³-hybridized carbons (Fsp3) is 0.176. The minimum Gasteiger partial charge on any atom is -0.393 e. The second-order valence-electron chi connectivity index (χ2n) is 5.40. The summed E-state index contributed by atoms with van der Waals surface area (Å²) in [5, 5.41) is 2.80. The average Bonchev–Trinajstić information content (AvgIpc) is 3.17. The van der Waals surface area contributed by atoms with E-state index in [4.69, 9.17) is 16.3 Å². The van der Waals surface area contributed by atoms with Gasteiger partial charge in [-0.2, -0.15) is 0 Å². The zero-order valence-electron chi connectivity index (χ0n) is 13.6. The van der Waals surface area contributed by atoms with Gasteiger partial charge in [0.1, 0.15) is 4.34 Å². The SMILES string of the molecule is CCc1cc(OC(=O)Nc2ncc(Cl)s2)n(Cc2ccc(F)c(F)c2)c1. The highest BCUT2D eigenvalue weighted by Crippen LogP contribution is 2.24. The second kappa shape index (κ2) is 7.84. The van der Waals surface area contributed by atoms with Crippen molar-refractivity contribution in [2.45, 2.75) is 19.9 Å². The van der Waals surface area contributed by atoms with Crippen LogP contribution in [0.2, 0.25) is 4.34 Å². The van der Waals surface area contributed by atoms with Crippen molar-refractivity contribution in [1.29, 1.82) is 0 Å². The van der Waals surface area contributed by atoms with E-state index < -0.39 is 17.7 Å². The Kier molecular flexibility index (Phi) is 5.53. The zero-order valence-corrected chi connectivity index (χ0v) is 15.2. The average molecular weight is 398 g/mol. The number of hydrogen-bond acceptors (Lipinski definition) is 4. The molecule has 2 heterocycles. The lowest BCUT2D eigenvalue weighted by Crippen LogP contribution is -2.18. The Bertz CT molecular complexity index is 942. The van der Waals surface area contributed by atoms with E-state index in [-0.39, 0.29) is 12.4 Å². The number of halogens is 3. The lowest BCUT2D eigenvalue weighted by atomic mass is 10.2. The number of aromatic nitrogens is 2. The van der Waals surface area contributed by atoms with Crippen molar-refractivity contribution in [1.82, 2.24) is 9.55 Å². The van der Waals surface area contributed by atoms with Crippen LogP contribution >= 0.6 is 22.9 Å². The van der Waals surface area contributed by atoms with Crippen molar-refractivity contribution in [3.63, 3.8) is 0 Å². The van der Waals surface area contributed by atoms with Crippen molar-refractivity contribution in [3.05, 3.63) is 63.8 Å². The molecule has 0 atom stereocenters. The van der Waals surface area contributed by atoms with Gasteiger partial charge in [0.15, 0.2) is 16.8 Å². The van der Waals surface area contributed by atoms with E-state index in [1.54, 1.807) is 16.8 Å². The Morgan fingerprint density at radius 2 is 2.12 bits per heavy atom. The maximum atomic E-state index is 13.4. The molecule has 0 spiro atoms. The van der Waals surface area contributed by atoms with Gasteiger partial charge in [-0.05, 0) is 29.7 Å². The van der Waals surface area contributed by atoms with Crippen LogP contribution in [0.15, 0.2) is 36.7 Å². The number of hydrogen-bond donors (Lipinski definition) is 1. The molecule has 0 aliphatic rings. The first kappa shape index (κ1) is 18.3. The van der Waals surface area contributed by atoms with Crippen molar-refractivity contribution in [3.8, 4) is 5.88 Å². The molecule has 0 fully saturated rings. The number of nitrogens with zero attached hydrogens (tertiary/aromatic N) is 2. The van der Waals surface area contributed by atoms with Gasteiger partial charge < -0.3 is 9.30 Å². The van der Waals surface area contributed by atoms with Crippen LogP contribution in [0.25, 0.3) is 0 Å². The third kappa shape index (κ3) is 4.39. The number of nitrogens with one attached hydrogen (secondary N) is 1. The first-order chi connectivity index (χ1) is 12.4. The summed E-state index contributed by atoms with van der Waals surface area (Å²) in [6.07, 6.45) is 3.22. The predicted molar refractivity (Wildman–Crippen MR) is 96.0 cm³/mol. The number of ether oxygens (including phenoxy) is 1. The summed E-state index contributed by atoms with van der Waals surface area (Å²) in [7, 11) is 0. The molecule has 9 heteroatoms. The molecule has 0 aliphatic heterocycles. The first-order valence-electron chi connectivity index (χ1n) is 7.67. The first-order valence-corrected chi connectivity index (χ1v) is 8.87. The number of rotatable bonds is 5. The molecule has 0 bridgehead atoms. The maximum Gasteiger partial charge on any atom is 0.420 e. The summed E-state index contributed by atoms with van der Waals surface area (Å²) in [6.45, 7) is 2.18. The molecule has 0 saturated heterocycles. The van der Waals surface area contributed by atoms with Crippen molar-refractivity contribution in [2.75, 3.05) is 5.32 Å². The summed E-state index contributed by atoms with van der Waals surface area (Å²) >= 11 is 6.87. The maximum absolute atomic E-state index is 13.4. The van der Waals surface area contributed by atoms with E-state index >= 15 is 0 Å². The summed E-state index contributed by atoms with van der Waals surface area (Å²) in [5.41, 5.74) is 1.48. The van der Waals surface area contributed by atoms with Gasteiger partial charge in [0, 0.05) is 12.3 Å². The van der Waals surface area contributed by atoms with Crippen LogP contribution in [-0.2, 0) is 13.0 Å². The van der Waals surface area contributed by atoms with Crippen LogP contribution in [0.5, 0.6) is 5.88 Å². The molecule has 26 heavy (non-hydrogen) atoms.